The summed E-state index contributed by atoms with van der Waals surface area (Å²) in [6, 6.07) is 1.96. The van der Waals surface area contributed by atoms with Crippen molar-refractivity contribution in [3.63, 3.8) is 0 Å². The van der Waals surface area contributed by atoms with Gasteiger partial charge in [-0.3, -0.25) is 19.6 Å². The summed E-state index contributed by atoms with van der Waals surface area (Å²) in [4.78, 5) is 25.3. The van der Waals surface area contributed by atoms with E-state index in [-0.39, 0.29) is 30.4 Å². The molecule has 1 aliphatic rings. The number of carbonyl (C=O) groups is 2. The van der Waals surface area contributed by atoms with Crippen LogP contribution in [-0.2, 0) is 16.1 Å². The van der Waals surface area contributed by atoms with Crippen molar-refractivity contribution < 1.29 is 14.3 Å². The molecule has 1 aliphatic carbocycles. The quantitative estimate of drug-likeness (QED) is 0.529. The molecule has 2 rings (SSSR count). The molecule has 0 aromatic carbocycles. The molecule has 2 atom stereocenters. The molecule has 2 amide bonds. The SMILES string of the molecule is CCNC(OC)c1cc(C(=O)N[C@H](C)CC)n(CC(=O)NC2CCCCC2)n1. The molecule has 8 nitrogen and oxygen atoms in total. The highest BCUT2D eigenvalue weighted by Gasteiger charge is 2.23. The minimum absolute atomic E-state index is 0.0162. The van der Waals surface area contributed by atoms with Crippen molar-refractivity contribution in [1.29, 1.82) is 0 Å². The van der Waals surface area contributed by atoms with Crippen molar-refractivity contribution >= 4 is 11.8 Å². The highest BCUT2D eigenvalue weighted by molar-refractivity contribution is 5.93. The first-order chi connectivity index (χ1) is 13.5. The molecular formula is C20H35N5O3. The zero-order valence-electron chi connectivity index (χ0n) is 17.6. The Hall–Kier alpha value is -1.93. The van der Waals surface area contributed by atoms with E-state index in [1.165, 1.54) is 11.1 Å². The number of nitrogens with zero attached hydrogens (tertiary/aromatic N) is 2. The van der Waals surface area contributed by atoms with Gasteiger partial charge in [-0.05, 0) is 38.8 Å². The fourth-order valence-electron chi connectivity index (χ4n) is 3.42. The van der Waals surface area contributed by atoms with E-state index in [1.807, 2.05) is 20.8 Å². The van der Waals surface area contributed by atoms with Crippen LogP contribution in [0.25, 0.3) is 0 Å². The van der Waals surface area contributed by atoms with Gasteiger partial charge in [-0.2, -0.15) is 5.10 Å². The van der Waals surface area contributed by atoms with Gasteiger partial charge in [0.1, 0.15) is 17.9 Å². The number of carbonyl (C=O) groups excluding carboxylic acids is 2. The van der Waals surface area contributed by atoms with E-state index in [0.717, 1.165) is 32.1 Å². The van der Waals surface area contributed by atoms with Crippen molar-refractivity contribution in [3.05, 3.63) is 17.5 Å². The third-order valence-electron chi connectivity index (χ3n) is 5.18. The minimum Gasteiger partial charge on any atom is -0.361 e. The predicted molar refractivity (Wildman–Crippen MR) is 108 cm³/mol. The van der Waals surface area contributed by atoms with E-state index in [9.17, 15) is 9.59 Å². The van der Waals surface area contributed by atoms with Gasteiger partial charge < -0.3 is 15.4 Å². The topological polar surface area (TPSA) is 97.3 Å². The smallest absolute Gasteiger partial charge is 0.269 e. The number of hydrogen-bond donors (Lipinski definition) is 3. The van der Waals surface area contributed by atoms with E-state index < -0.39 is 6.23 Å². The molecule has 0 spiro atoms. The summed E-state index contributed by atoms with van der Waals surface area (Å²) in [5.41, 5.74) is 0.957. The number of ether oxygens (including phenoxy) is 1. The molecular weight excluding hydrogens is 358 g/mol. The molecule has 1 unspecified atom stereocenters. The fourth-order valence-corrected chi connectivity index (χ4v) is 3.42. The molecule has 1 aromatic rings. The third kappa shape index (κ3) is 6.31. The fraction of sp³-hybridized carbons (Fsp3) is 0.750. The summed E-state index contributed by atoms with van der Waals surface area (Å²) in [5.74, 6) is -0.346. The van der Waals surface area contributed by atoms with E-state index in [2.05, 4.69) is 21.0 Å². The number of nitrogens with one attached hydrogen (secondary N) is 3. The molecule has 1 saturated carbocycles. The summed E-state index contributed by atoms with van der Waals surface area (Å²) in [7, 11) is 1.58. The van der Waals surface area contributed by atoms with Gasteiger partial charge >= 0.3 is 0 Å². The van der Waals surface area contributed by atoms with E-state index in [0.29, 0.717) is 17.9 Å². The normalized spacial score (nSPS) is 17.1. The average molecular weight is 394 g/mol. The van der Waals surface area contributed by atoms with Crippen LogP contribution in [-0.4, -0.2) is 47.3 Å². The first kappa shape index (κ1) is 22.4. The van der Waals surface area contributed by atoms with Crippen molar-refractivity contribution in [1.82, 2.24) is 25.7 Å². The summed E-state index contributed by atoms with van der Waals surface area (Å²) in [6.45, 7) is 6.64. The number of aromatic nitrogens is 2. The van der Waals surface area contributed by atoms with Crippen LogP contribution in [0, 0.1) is 0 Å². The van der Waals surface area contributed by atoms with Crippen molar-refractivity contribution in [3.8, 4) is 0 Å². The molecule has 158 valence electrons. The molecule has 0 aliphatic heterocycles. The van der Waals surface area contributed by atoms with Gasteiger partial charge in [0.05, 0.1) is 0 Å². The van der Waals surface area contributed by atoms with E-state index >= 15 is 0 Å². The summed E-state index contributed by atoms with van der Waals surface area (Å²) in [6.07, 6.45) is 5.97. The van der Waals surface area contributed by atoms with E-state index in [1.54, 1.807) is 13.2 Å². The molecule has 0 radical (unpaired) electrons. The molecule has 1 aromatic heterocycles. The lowest BCUT2D eigenvalue weighted by Gasteiger charge is -2.23. The number of amides is 2. The van der Waals surface area contributed by atoms with Gasteiger partial charge in [-0.25, -0.2) is 0 Å². The molecule has 3 N–H and O–H groups in total. The number of hydrogen-bond acceptors (Lipinski definition) is 5. The lowest BCUT2D eigenvalue weighted by molar-refractivity contribution is -0.122. The first-order valence-electron chi connectivity index (χ1n) is 10.4. The predicted octanol–water partition coefficient (Wildman–Crippen LogP) is 2.11. The Morgan fingerprint density at radius 1 is 1.29 bits per heavy atom. The monoisotopic (exact) mass is 393 g/mol. The Balaban J connectivity index is 2.17. The second kappa shape index (κ2) is 11.2. The van der Waals surface area contributed by atoms with Crippen LogP contribution in [0.4, 0.5) is 0 Å². The van der Waals surface area contributed by atoms with Gasteiger partial charge in [0.25, 0.3) is 5.91 Å². The number of rotatable bonds is 10. The van der Waals surface area contributed by atoms with Crippen LogP contribution in [0.3, 0.4) is 0 Å². The maximum absolute atomic E-state index is 12.7. The highest BCUT2D eigenvalue weighted by atomic mass is 16.5. The molecule has 8 heteroatoms. The Labute approximate surface area is 167 Å². The Morgan fingerprint density at radius 3 is 2.61 bits per heavy atom. The zero-order valence-corrected chi connectivity index (χ0v) is 17.6. The van der Waals surface area contributed by atoms with Gasteiger partial charge in [-0.15, -0.1) is 0 Å². The summed E-state index contributed by atoms with van der Waals surface area (Å²) < 4.78 is 6.92. The van der Waals surface area contributed by atoms with Gasteiger partial charge in [0.2, 0.25) is 5.91 Å². The molecule has 1 fully saturated rings. The average Bonchev–Trinajstić information content (AvgIpc) is 3.10. The maximum atomic E-state index is 12.7. The number of methoxy groups -OCH3 is 1. The van der Waals surface area contributed by atoms with Crippen LogP contribution in [0.5, 0.6) is 0 Å². The Morgan fingerprint density at radius 2 is 2.00 bits per heavy atom. The lowest BCUT2D eigenvalue weighted by atomic mass is 9.95. The summed E-state index contributed by atoms with van der Waals surface area (Å²) in [5, 5.41) is 13.7. The van der Waals surface area contributed by atoms with Crippen molar-refractivity contribution in [2.24, 2.45) is 0 Å². The highest BCUT2D eigenvalue weighted by Crippen LogP contribution is 2.18. The molecule has 28 heavy (non-hydrogen) atoms. The van der Waals surface area contributed by atoms with Crippen LogP contribution in [0.15, 0.2) is 6.07 Å². The minimum atomic E-state index is -0.428. The zero-order chi connectivity index (χ0) is 20.5. The van der Waals surface area contributed by atoms with Crippen LogP contribution < -0.4 is 16.0 Å². The second-order valence-electron chi connectivity index (χ2n) is 7.47. The standard InChI is InChI=1S/C20H35N5O3/c1-5-14(3)22-19(27)17-12-16(20(28-4)21-6-2)24-25(17)13-18(26)23-15-10-8-7-9-11-15/h12,14-15,20-21H,5-11,13H2,1-4H3,(H,22,27)(H,23,26)/t14-,20?/m1/s1. The van der Waals surface area contributed by atoms with Gasteiger partial charge in [-0.1, -0.05) is 33.1 Å². The Kier molecular flexibility index (Phi) is 8.92. The van der Waals surface area contributed by atoms with E-state index in [4.69, 9.17) is 4.74 Å². The largest absolute Gasteiger partial charge is 0.361 e. The lowest BCUT2D eigenvalue weighted by Crippen LogP contribution is -2.39. The van der Waals surface area contributed by atoms with Crippen LogP contribution in [0.1, 0.15) is 81.7 Å². The van der Waals surface area contributed by atoms with Gasteiger partial charge in [0, 0.05) is 19.2 Å². The molecule has 0 saturated heterocycles. The van der Waals surface area contributed by atoms with Gasteiger partial charge in [0.15, 0.2) is 6.23 Å². The summed E-state index contributed by atoms with van der Waals surface area (Å²) >= 11 is 0. The van der Waals surface area contributed by atoms with Crippen molar-refractivity contribution in [2.75, 3.05) is 13.7 Å². The van der Waals surface area contributed by atoms with Crippen LogP contribution >= 0.6 is 0 Å². The van der Waals surface area contributed by atoms with Crippen LogP contribution in [0.2, 0.25) is 0 Å². The second-order valence-corrected chi connectivity index (χ2v) is 7.47. The first-order valence-corrected chi connectivity index (χ1v) is 10.4. The third-order valence-corrected chi connectivity index (χ3v) is 5.18. The molecule has 0 bridgehead atoms. The molecule has 1 heterocycles. The maximum Gasteiger partial charge on any atom is 0.269 e. The Bertz CT molecular complexity index is 640. The van der Waals surface area contributed by atoms with Crippen molar-refractivity contribution in [2.45, 2.75) is 84.2 Å².